The van der Waals surface area contributed by atoms with E-state index in [1.54, 1.807) is 0 Å². The summed E-state index contributed by atoms with van der Waals surface area (Å²) in [7, 11) is 0. The Morgan fingerprint density at radius 1 is 1.46 bits per heavy atom. The summed E-state index contributed by atoms with van der Waals surface area (Å²) in [4.78, 5) is 10.9. The van der Waals surface area contributed by atoms with E-state index in [0.29, 0.717) is 0 Å². The molecule has 13 heavy (non-hydrogen) atoms. The van der Waals surface area contributed by atoms with Gasteiger partial charge in [-0.25, -0.2) is 0 Å². The summed E-state index contributed by atoms with van der Waals surface area (Å²) >= 11 is 4.64. The fraction of sp³-hybridized carbons (Fsp3) is 0.889. The van der Waals surface area contributed by atoms with Crippen LogP contribution in [0.5, 0.6) is 0 Å². The first-order valence-corrected chi connectivity index (χ1v) is 4.81. The highest BCUT2D eigenvalue weighted by Crippen LogP contribution is 2.42. The monoisotopic (exact) mass is 210 g/mol. The van der Waals surface area contributed by atoms with Gasteiger partial charge in [0.05, 0.1) is 0 Å². The smallest absolute Gasteiger partial charge is 0.291 e. The van der Waals surface area contributed by atoms with Gasteiger partial charge < -0.3 is 0 Å². The minimum atomic E-state index is -3.68. The summed E-state index contributed by atoms with van der Waals surface area (Å²) in [5.74, 6) is -1.14. The lowest BCUT2D eigenvalue weighted by Crippen LogP contribution is -2.27. The molecule has 0 N–H and O–H groups in total. The number of carbonyl (C=O) groups excluding carboxylic acids is 1. The number of rotatable bonds is 3. The Hall–Kier alpha value is -0.180. The van der Waals surface area contributed by atoms with Gasteiger partial charge in [-0.1, -0.05) is 19.8 Å². The lowest BCUT2D eigenvalue weighted by molar-refractivity contribution is -0.135. The van der Waals surface area contributed by atoms with Gasteiger partial charge in [0, 0.05) is 6.42 Å². The van der Waals surface area contributed by atoms with Crippen LogP contribution in [0.4, 0.5) is 8.78 Å². The van der Waals surface area contributed by atoms with Crippen molar-refractivity contribution < 1.29 is 13.6 Å². The van der Waals surface area contributed by atoms with Crippen LogP contribution in [0.3, 0.4) is 0 Å². The van der Waals surface area contributed by atoms with Gasteiger partial charge in [-0.3, -0.25) is 4.79 Å². The Bertz CT molecular complexity index is 204. The second-order valence-electron chi connectivity index (χ2n) is 4.12. The van der Waals surface area contributed by atoms with Crippen molar-refractivity contribution in [2.24, 2.45) is 5.41 Å². The van der Waals surface area contributed by atoms with Gasteiger partial charge in [-0.15, -0.1) is 0 Å². The van der Waals surface area contributed by atoms with E-state index in [1.807, 2.05) is 6.92 Å². The molecule has 0 aromatic heterocycles. The van der Waals surface area contributed by atoms with Gasteiger partial charge in [0.15, 0.2) is 0 Å². The number of carbonyl (C=O) groups is 1. The van der Waals surface area contributed by atoms with Crippen LogP contribution in [0.25, 0.3) is 0 Å². The van der Waals surface area contributed by atoms with E-state index in [0.717, 1.165) is 25.7 Å². The van der Waals surface area contributed by atoms with Crippen LogP contribution in [-0.4, -0.2) is 11.2 Å². The summed E-state index contributed by atoms with van der Waals surface area (Å²) in [5, 5.41) is -3.68. The van der Waals surface area contributed by atoms with Gasteiger partial charge >= 0.3 is 5.38 Å². The van der Waals surface area contributed by atoms with E-state index in [1.165, 1.54) is 0 Å². The molecule has 0 aromatic rings. The van der Waals surface area contributed by atoms with Crippen LogP contribution in [0, 0.1) is 5.41 Å². The molecule has 0 atom stereocenters. The second-order valence-corrected chi connectivity index (χ2v) is 4.59. The molecule has 1 nitrogen and oxygen atoms in total. The normalized spacial score (nSPS) is 21.8. The average molecular weight is 211 g/mol. The highest BCUT2D eigenvalue weighted by atomic mass is 35.5. The minimum absolute atomic E-state index is 0.0938. The molecule has 1 rings (SSSR count). The summed E-state index contributed by atoms with van der Waals surface area (Å²) in [6, 6.07) is 0. The van der Waals surface area contributed by atoms with Gasteiger partial charge in [0.25, 0.3) is 0 Å². The summed E-state index contributed by atoms with van der Waals surface area (Å²) in [6.45, 7) is 1.88. The van der Waals surface area contributed by atoms with Crippen LogP contribution in [0.15, 0.2) is 0 Å². The molecular weight excluding hydrogens is 198 g/mol. The lowest BCUT2D eigenvalue weighted by Gasteiger charge is -2.23. The number of hydrogen-bond donors (Lipinski definition) is 0. The third-order valence-electron chi connectivity index (χ3n) is 2.71. The number of hydrogen-bond acceptors (Lipinski definition) is 1. The fourth-order valence-electron chi connectivity index (χ4n) is 1.89. The average Bonchev–Trinajstić information content (AvgIpc) is 2.33. The number of alkyl halides is 3. The van der Waals surface area contributed by atoms with E-state index in [-0.39, 0.29) is 11.8 Å². The topological polar surface area (TPSA) is 17.1 Å². The van der Waals surface area contributed by atoms with Crippen molar-refractivity contribution in [1.82, 2.24) is 0 Å². The predicted octanol–water partition coefficient (Wildman–Crippen LogP) is 3.36. The van der Waals surface area contributed by atoms with Crippen LogP contribution >= 0.6 is 11.6 Å². The number of halogens is 3. The maximum Gasteiger partial charge on any atom is 0.380 e. The van der Waals surface area contributed by atoms with Gasteiger partial charge in [0.1, 0.15) is 0 Å². The Morgan fingerprint density at radius 2 is 1.92 bits per heavy atom. The summed E-state index contributed by atoms with van der Waals surface area (Å²) in [5.41, 5.74) is -0.241. The molecule has 0 aromatic carbocycles. The molecular formula is C9H13ClF2O. The van der Waals surface area contributed by atoms with Gasteiger partial charge in [-0.05, 0) is 29.9 Å². The highest BCUT2D eigenvalue weighted by Gasteiger charge is 2.41. The molecule has 0 radical (unpaired) electrons. The third-order valence-corrected chi connectivity index (χ3v) is 2.92. The van der Waals surface area contributed by atoms with Crippen molar-refractivity contribution in [2.45, 2.75) is 44.4 Å². The molecule has 0 heterocycles. The van der Waals surface area contributed by atoms with Gasteiger partial charge in [-0.2, -0.15) is 8.78 Å². The molecule has 1 fully saturated rings. The molecule has 0 aliphatic heterocycles. The minimum Gasteiger partial charge on any atom is -0.291 e. The van der Waals surface area contributed by atoms with Crippen molar-refractivity contribution in [3.63, 3.8) is 0 Å². The van der Waals surface area contributed by atoms with Crippen molar-refractivity contribution in [2.75, 3.05) is 0 Å². The van der Waals surface area contributed by atoms with Crippen molar-refractivity contribution >= 4 is 17.4 Å². The predicted molar refractivity (Wildman–Crippen MR) is 47.0 cm³/mol. The molecule has 0 bridgehead atoms. The highest BCUT2D eigenvalue weighted by molar-refractivity contribution is 6.32. The molecule has 0 saturated heterocycles. The molecule has 1 saturated carbocycles. The fourth-order valence-corrected chi connectivity index (χ4v) is 1.96. The second kappa shape index (κ2) is 3.52. The van der Waals surface area contributed by atoms with Crippen LogP contribution < -0.4 is 0 Å². The summed E-state index contributed by atoms with van der Waals surface area (Å²) < 4.78 is 24.7. The van der Waals surface area contributed by atoms with E-state index < -0.39 is 11.2 Å². The van der Waals surface area contributed by atoms with Crippen LogP contribution in [0.1, 0.15) is 39.0 Å². The zero-order valence-electron chi connectivity index (χ0n) is 7.58. The van der Waals surface area contributed by atoms with Crippen LogP contribution in [-0.2, 0) is 4.79 Å². The van der Waals surface area contributed by atoms with E-state index in [9.17, 15) is 13.6 Å². The maximum absolute atomic E-state index is 12.4. The first-order chi connectivity index (χ1) is 5.83. The van der Waals surface area contributed by atoms with Gasteiger partial charge in [0.2, 0.25) is 5.78 Å². The zero-order chi connectivity index (χ0) is 10.1. The lowest BCUT2D eigenvalue weighted by atomic mass is 9.83. The largest absolute Gasteiger partial charge is 0.380 e. The molecule has 0 unspecified atom stereocenters. The quantitative estimate of drug-likeness (QED) is 0.653. The molecule has 1 aliphatic carbocycles. The van der Waals surface area contributed by atoms with Crippen molar-refractivity contribution in [3.8, 4) is 0 Å². The van der Waals surface area contributed by atoms with Crippen LogP contribution in [0.2, 0.25) is 0 Å². The molecule has 1 aliphatic rings. The Kier molecular flexibility index (Phi) is 2.95. The van der Waals surface area contributed by atoms with E-state index in [4.69, 9.17) is 0 Å². The van der Waals surface area contributed by atoms with Crippen molar-refractivity contribution in [3.05, 3.63) is 0 Å². The standard InChI is InChI=1S/C9H13ClF2O/c1-8(4-2-3-5-8)6-7(13)9(10,11)12/h2-6H2,1H3. The Morgan fingerprint density at radius 3 is 2.31 bits per heavy atom. The Balaban J connectivity index is 2.53. The molecule has 4 heteroatoms. The SMILES string of the molecule is CC1(CC(=O)C(F)(F)Cl)CCCC1. The zero-order valence-corrected chi connectivity index (χ0v) is 8.33. The first-order valence-electron chi connectivity index (χ1n) is 4.44. The molecule has 0 spiro atoms. The van der Waals surface area contributed by atoms with Crippen molar-refractivity contribution in [1.29, 1.82) is 0 Å². The third kappa shape index (κ3) is 2.90. The molecule has 0 amide bonds. The first kappa shape index (κ1) is 10.9. The number of Topliss-reactive ketones (excluding diaryl/α,β-unsaturated/α-hetero) is 1. The number of ketones is 1. The Labute approximate surface area is 81.4 Å². The van der Waals surface area contributed by atoms with E-state index in [2.05, 4.69) is 11.6 Å². The van der Waals surface area contributed by atoms with E-state index >= 15 is 0 Å². The molecule has 76 valence electrons. The summed E-state index contributed by atoms with van der Waals surface area (Å²) in [6.07, 6.45) is 3.66. The maximum atomic E-state index is 12.4.